The summed E-state index contributed by atoms with van der Waals surface area (Å²) >= 11 is 0. The molecular weight excluding hydrogens is 260 g/mol. The van der Waals surface area contributed by atoms with E-state index in [2.05, 4.69) is 27.1 Å². The summed E-state index contributed by atoms with van der Waals surface area (Å²) < 4.78 is 0. The second-order valence-corrected chi connectivity index (χ2v) is 6.69. The topological polar surface area (TPSA) is 41.1 Å². The van der Waals surface area contributed by atoms with E-state index in [9.17, 15) is 0 Å². The number of piperidine rings is 1. The van der Waals surface area contributed by atoms with Crippen molar-refractivity contribution in [3.8, 4) is 0 Å². The lowest BCUT2D eigenvalue weighted by atomic mass is 9.68. The molecule has 0 bridgehead atoms. The molecule has 1 saturated carbocycles. The Bertz CT molecular complexity index is 427. The van der Waals surface area contributed by atoms with Gasteiger partial charge in [-0.25, -0.2) is 4.98 Å². The molecule has 4 heteroatoms. The Balaban J connectivity index is 1.56. The lowest BCUT2D eigenvalue weighted by Gasteiger charge is -2.44. The lowest BCUT2D eigenvalue weighted by Crippen LogP contribution is -2.41. The zero-order valence-electron chi connectivity index (χ0n) is 13.3. The zero-order chi connectivity index (χ0) is 14.5. The molecule has 116 valence electrons. The van der Waals surface area contributed by atoms with Gasteiger partial charge in [0.25, 0.3) is 0 Å². The zero-order valence-corrected chi connectivity index (χ0v) is 13.3. The van der Waals surface area contributed by atoms with Crippen molar-refractivity contribution < 1.29 is 0 Å². The van der Waals surface area contributed by atoms with Crippen molar-refractivity contribution in [2.75, 3.05) is 24.5 Å². The van der Waals surface area contributed by atoms with Crippen LogP contribution in [0.25, 0.3) is 0 Å². The van der Waals surface area contributed by atoms with Gasteiger partial charge in [-0.15, -0.1) is 0 Å². The first kappa shape index (κ1) is 14.8. The van der Waals surface area contributed by atoms with Gasteiger partial charge in [0, 0.05) is 19.6 Å². The number of hydrogen-bond donors (Lipinski definition) is 1. The molecule has 21 heavy (non-hydrogen) atoms. The van der Waals surface area contributed by atoms with Gasteiger partial charge in [0.2, 0.25) is 0 Å². The maximum Gasteiger partial charge on any atom is 0.147 e. The molecule has 0 radical (unpaired) electrons. The average molecular weight is 288 g/mol. The highest BCUT2D eigenvalue weighted by molar-refractivity contribution is 5.36. The summed E-state index contributed by atoms with van der Waals surface area (Å²) in [6.45, 7) is 6.20. The van der Waals surface area contributed by atoms with E-state index in [1.54, 1.807) is 0 Å². The molecule has 2 aliphatic rings. The van der Waals surface area contributed by atoms with Crippen molar-refractivity contribution in [3.63, 3.8) is 0 Å². The van der Waals surface area contributed by atoms with E-state index < -0.39 is 0 Å². The molecule has 1 aliphatic carbocycles. The van der Waals surface area contributed by atoms with Crippen LogP contribution < -0.4 is 10.2 Å². The van der Waals surface area contributed by atoms with Crippen LogP contribution in [0.3, 0.4) is 0 Å². The highest BCUT2D eigenvalue weighted by atomic mass is 15.2. The Morgan fingerprint density at radius 3 is 2.43 bits per heavy atom. The van der Waals surface area contributed by atoms with Crippen molar-refractivity contribution in [3.05, 3.63) is 18.1 Å². The third kappa shape index (κ3) is 3.54. The molecule has 1 spiro atoms. The van der Waals surface area contributed by atoms with Gasteiger partial charge in [0.05, 0.1) is 18.1 Å². The molecule has 0 amide bonds. The normalized spacial score (nSPS) is 21.7. The molecule has 1 aromatic rings. The van der Waals surface area contributed by atoms with E-state index in [0.29, 0.717) is 5.41 Å². The minimum absolute atomic E-state index is 0.660. The lowest BCUT2D eigenvalue weighted by molar-refractivity contribution is 0.144. The van der Waals surface area contributed by atoms with Crippen LogP contribution in [-0.2, 0) is 6.54 Å². The largest absolute Gasteiger partial charge is 0.355 e. The second kappa shape index (κ2) is 6.73. The van der Waals surface area contributed by atoms with E-state index in [1.807, 2.05) is 12.4 Å². The predicted molar refractivity (Wildman–Crippen MR) is 86.4 cm³/mol. The van der Waals surface area contributed by atoms with Crippen molar-refractivity contribution in [2.24, 2.45) is 5.41 Å². The monoisotopic (exact) mass is 288 g/mol. The van der Waals surface area contributed by atoms with Gasteiger partial charge in [-0.05, 0) is 37.6 Å². The van der Waals surface area contributed by atoms with Crippen LogP contribution >= 0.6 is 0 Å². The summed E-state index contributed by atoms with van der Waals surface area (Å²) in [4.78, 5) is 11.6. The predicted octanol–water partition coefficient (Wildman–Crippen LogP) is 3.14. The summed E-state index contributed by atoms with van der Waals surface area (Å²) in [7, 11) is 0. The van der Waals surface area contributed by atoms with Gasteiger partial charge in [0.1, 0.15) is 5.82 Å². The molecule has 3 rings (SSSR count). The molecule has 1 aliphatic heterocycles. The molecule has 2 fully saturated rings. The number of rotatable bonds is 4. The van der Waals surface area contributed by atoms with Gasteiger partial charge in [-0.1, -0.05) is 26.2 Å². The smallest absolute Gasteiger partial charge is 0.147 e. The Hall–Kier alpha value is -1.16. The fourth-order valence-corrected chi connectivity index (χ4v) is 3.87. The Kier molecular flexibility index (Phi) is 4.73. The second-order valence-electron chi connectivity index (χ2n) is 6.69. The van der Waals surface area contributed by atoms with Crippen LogP contribution in [0.15, 0.2) is 12.4 Å². The molecular formula is C17H28N4. The Labute approximate surface area is 128 Å². The van der Waals surface area contributed by atoms with Crippen molar-refractivity contribution in [2.45, 2.75) is 58.4 Å². The quantitative estimate of drug-likeness (QED) is 0.924. The summed E-state index contributed by atoms with van der Waals surface area (Å²) in [5, 5.41) is 3.29. The Morgan fingerprint density at radius 1 is 1.05 bits per heavy atom. The van der Waals surface area contributed by atoms with Crippen molar-refractivity contribution >= 4 is 5.82 Å². The van der Waals surface area contributed by atoms with Crippen molar-refractivity contribution in [1.29, 1.82) is 0 Å². The minimum Gasteiger partial charge on any atom is -0.355 e. The minimum atomic E-state index is 0.660. The maximum atomic E-state index is 4.61. The van der Waals surface area contributed by atoms with Gasteiger partial charge < -0.3 is 10.2 Å². The van der Waals surface area contributed by atoms with E-state index >= 15 is 0 Å². The van der Waals surface area contributed by atoms with Gasteiger partial charge >= 0.3 is 0 Å². The summed E-state index contributed by atoms with van der Waals surface area (Å²) in [5.74, 6) is 1.06. The van der Waals surface area contributed by atoms with Crippen LogP contribution in [0.4, 0.5) is 5.82 Å². The number of nitrogens with zero attached hydrogens (tertiary/aromatic N) is 3. The number of hydrogen-bond acceptors (Lipinski definition) is 4. The van der Waals surface area contributed by atoms with Crippen LogP contribution in [0.1, 0.15) is 57.6 Å². The average Bonchev–Trinajstić information content (AvgIpc) is 2.55. The van der Waals surface area contributed by atoms with Crippen LogP contribution in [0, 0.1) is 5.41 Å². The molecule has 0 atom stereocenters. The number of anilines is 1. The van der Waals surface area contributed by atoms with Crippen LogP contribution in [-0.4, -0.2) is 29.6 Å². The summed E-state index contributed by atoms with van der Waals surface area (Å²) in [6.07, 6.45) is 13.8. The maximum absolute atomic E-state index is 4.61. The molecule has 0 unspecified atom stereocenters. The van der Waals surface area contributed by atoms with Crippen LogP contribution in [0.5, 0.6) is 0 Å². The summed E-state index contributed by atoms with van der Waals surface area (Å²) in [6, 6.07) is 0. The third-order valence-electron chi connectivity index (χ3n) is 5.31. The standard InChI is InChI=1S/C17H28N4/c1-2-18-12-15-13-20-16(14-19-15)21-10-8-17(9-11-21)6-4-3-5-7-17/h13-14,18H,2-12H2,1H3. The van der Waals surface area contributed by atoms with Gasteiger partial charge in [0.15, 0.2) is 0 Å². The van der Waals surface area contributed by atoms with Crippen molar-refractivity contribution in [1.82, 2.24) is 15.3 Å². The highest BCUT2D eigenvalue weighted by Crippen LogP contribution is 2.44. The van der Waals surface area contributed by atoms with Crippen LogP contribution in [0.2, 0.25) is 0 Å². The molecule has 0 aromatic carbocycles. The third-order valence-corrected chi connectivity index (χ3v) is 5.31. The fourth-order valence-electron chi connectivity index (χ4n) is 3.87. The molecule has 2 heterocycles. The Morgan fingerprint density at radius 2 is 1.81 bits per heavy atom. The van der Waals surface area contributed by atoms with E-state index in [0.717, 1.165) is 37.7 Å². The van der Waals surface area contributed by atoms with Gasteiger partial charge in [-0.2, -0.15) is 0 Å². The number of aromatic nitrogens is 2. The molecule has 1 N–H and O–H groups in total. The number of nitrogens with one attached hydrogen (secondary N) is 1. The SMILES string of the molecule is CCNCc1cnc(N2CCC3(CCCCC3)CC2)cn1. The molecule has 1 saturated heterocycles. The highest BCUT2D eigenvalue weighted by Gasteiger charge is 2.35. The van der Waals surface area contributed by atoms with E-state index in [1.165, 1.54) is 44.9 Å². The molecule has 1 aromatic heterocycles. The van der Waals surface area contributed by atoms with Gasteiger partial charge in [-0.3, -0.25) is 4.98 Å². The first-order valence-electron chi connectivity index (χ1n) is 8.58. The van der Waals surface area contributed by atoms with E-state index in [4.69, 9.17) is 0 Å². The molecule has 4 nitrogen and oxygen atoms in total. The first-order valence-corrected chi connectivity index (χ1v) is 8.58. The first-order chi connectivity index (χ1) is 10.3. The fraction of sp³-hybridized carbons (Fsp3) is 0.765. The summed E-state index contributed by atoms with van der Waals surface area (Å²) in [5.41, 5.74) is 1.69. The van der Waals surface area contributed by atoms with E-state index in [-0.39, 0.29) is 0 Å².